The van der Waals surface area contributed by atoms with Crippen LogP contribution in [0.3, 0.4) is 0 Å². The van der Waals surface area contributed by atoms with Crippen LogP contribution >= 0.6 is 0 Å². The molecule has 0 radical (unpaired) electrons. The van der Waals surface area contributed by atoms with E-state index in [-0.39, 0.29) is 17.7 Å². The number of imide groups is 1. The first kappa shape index (κ1) is 27.8. The zero-order chi connectivity index (χ0) is 27.1. The zero-order valence-electron chi connectivity index (χ0n) is 22.9. The molecule has 8 heteroatoms. The Morgan fingerprint density at radius 3 is 2.58 bits per heavy atom. The molecule has 3 aliphatic heterocycles. The largest absolute Gasteiger partial charge is 0.493 e. The Morgan fingerprint density at radius 2 is 1.92 bits per heavy atom. The van der Waals surface area contributed by atoms with Gasteiger partial charge in [-0.1, -0.05) is 25.5 Å². The first-order valence-electron chi connectivity index (χ1n) is 13.9. The zero-order valence-corrected chi connectivity index (χ0v) is 22.9. The fraction of sp³-hybridized carbons (Fsp3) is 0.533. The summed E-state index contributed by atoms with van der Waals surface area (Å²) in [7, 11) is 0. The summed E-state index contributed by atoms with van der Waals surface area (Å²) in [5.41, 5.74) is 3.60. The third-order valence-electron chi connectivity index (χ3n) is 7.69. The number of nitrogens with zero attached hydrogens (tertiary/aromatic N) is 4. The van der Waals surface area contributed by atoms with Gasteiger partial charge in [-0.05, 0) is 61.9 Å². The lowest BCUT2D eigenvalue weighted by molar-refractivity contribution is -0.138. The number of ether oxygens (including phenoxy) is 1. The van der Waals surface area contributed by atoms with Gasteiger partial charge in [0, 0.05) is 51.1 Å². The number of hydrogen-bond donors (Lipinski definition) is 0. The molecule has 2 atom stereocenters. The van der Waals surface area contributed by atoms with E-state index in [1.54, 1.807) is 19.3 Å². The maximum absolute atomic E-state index is 13.2. The lowest BCUT2D eigenvalue weighted by Gasteiger charge is -2.27. The SMILES string of the molecule is CCCCN(C(=O)CN1C[C@H](c2ccc3c(c2)CCO3)CC1C)c1cccnc1.CCN1C(=O)CCC1=O. The molecule has 204 valence electrons. The topological polar surface area (TPSA) is 83.1 Å². The van der Waals surface area contributed by atoms with Gasteiger partial charge >= 0.3 is 0 Å². The summed E-state index contributed by atoms with van der Waals surface area (Å²) in [6.07, 6.45) is 8.51. The average Bonchev–Trinajstić information content (AvgIpc) is 3.63. The van der Waals surface area contributed by atoms with Gasteiger partial charge < -0.3 is 9.64 Å². The van der Waals surface area contributed by atoms with E-state index in [9.17, 15) is 14.4 Å². The van der Waals surface area contributed by atoms with E-state index in [1.165, 1.54) is 16.0 Å². The Bertz CT molecular complexity index is 1110. The van der Waals surface area contributed by atoms with Crippen LogP contribution in [-0.4, -0.2) is 71.3 Å². The Morgan fingerprint density at radius 1 is 1.13 bits per heavy atom. The number of aromatic nitrogens is 1. The molecule has 0 saturated carbocycles. The summed E-state index contributed by atoms with van der Waals surface area (Å²) in [5, 5.41) is 0. The Hall–Kier alpha value is -3.26. The van der Waals surface area contributed by atoms with Gasteiger partial charge in [-0.15, -0.1) is 0 Å². The summed E-state index contributed by atoms with van der Waals surface area (Å²) in [6, 6.07) is 10.9. The first-order valence-corrected chi connectivity index (χ1v) is 13.9. The highest BCUT2D eigenvalue weighted by Gasteiger charge is 2.33. The number of anilines is 1. The fourth-order valence-corrected chi connectivity index (χ4v) is 5.48. The minimum atomic E-state index is -0.0255. The number of benzene rings is 1. The number of fused-ring (bicyclic) bond motifs is 1. The van der Waals surface area contributed by atoms with Crippen LogP contribution in [0.4, 0.5) is 5.69 Å². The maximum Gasteiger partial charge on any atom is 0.241 e. The lowest BCUT2D eigenvalue weighted by Crippen LogP contribution is -2.42. The molecular formula is C30H40N4O4. The monoisotopic (exact) mass is 520 g/mol. The molecule has 5 rings (SSSR count). The van der Waals surface area contributed by atoms with Crippen molar-refractivity contribution in [3.63, 3.8) is 0 Å². The normalized spacial score (nSPS) is 20.7. The van der Waals surface area contributed by atoms with Crippen LogP contribution in [-0.2, 0) is 20.8 Å². The first-order chi connectivity index (χ1) is 18.4. The second-order valence-electron chi connectivity index (χ2n) is 10.3. The molecule has 0 N–H and O–H groups in total. The minimum Gasteiger partial charge on any atom is -0.493 e. The Balaban J connectivity index is 0.000000317. The summed E-state index contributed by atoms with van der Waals surface area (Å²) in [5.74, 6) is 1.63. The van der Waals surface area contributed by atoms with Gasteiger partial charge in [0.1, 0.15) is 5.75 Å². The summed E-state index contributed by atoms with van der Waals surface area (Å²) in [6.45, 7) is 9.66. The van der Waals surface area contributed by atoms with E-state index >= 15 is 0 Å². The van der Waals surface area contributed by atoms with E-state index in [4.69, 9.17) is 4.74 Å². The van der Waals surface area contributed by atoms with Crippen LogP contribution < -0.4 is 9.64 Å². The van der Waals surface area contributed by atoms with Crippen molar-refractivity contribution in [2.45, 2.75) is 71.3 Å². The van der Waals surface area contributed by atoms with Gasteiger partial charge in [0.15, 0.2) is 0 Å². The summed E-state index contributed by atoms with van der Waals surface area (Å²) < 4.78 is 5.65. The molecule has 38 heavy (non-hydrogen) atoms. The van der Waals surface area contributed by atoms with Gasteiger partial charge in [-0.25, -0.2) is 0 Å². The number of hydrogen-bond acceptors (Lipinski definition) is 6. The Kier molecular flexibility index (Phi) is 9.50. The van der Waals surface area contributed by atoms with E-state index in [2.05, 4.69) is 41.9 Å². The van der Waals surface area contributed by atoms with E-state index in [1.807, 2.05) is 17.0 Å². The van der Waals surface area contributed by atoms with Crippen LogP contribution in [0.25, 0.3) is 0 Å². The van der Waals surface area contributed by atoms with Gasteiger partial charge in [-0.2, -0.15) is 0 Å². The van der Waals surface area contributed by atoms with Gasteiger partial charge in [0.2, 0.25) is 17.7 Å². The number of rotatable bonds is 8. The van der Waals surface area contributed by atoms with Crippen molar-refractivity contribution in [2.24, 2.45) is 0 Å². The van der Waals surface area contributed by atoms with Crippen LogP contribution in [0.15, 0.2) is 42.7 Å². The van der Waals surface area contributed by atoms with Crippen molar-refractivity contribution < 1.29 is 19.1 Å². The molecular weight excluding hydrogens is 480 g/mol. The van der Waals surface area contributed by atoms with Crippen molar-refractivity contribution in [1.82, 2.24) is 14.8 Å². The van der Waals surface area contributed by atoms with Crippen LogP contribution in [0, 0.1) is 0 Å². The smallest absolute Gasteiger partial charge is 0.241 e. The second-order valence-corrected chi connectivity index (χ2v) is 10.3. The molecule has 2 saturated heterocycles. The van der Waals surface area contributed by atoms with Gasteiger partial charge in [0.05, 0.1) is 25.0 Å². The lowest BCUT2D eigenvalue weighted by atomic mass is 9.94. The number of pyridine rings is 1. The molecule has 2 aromatic rings. The highest BCUT2D eigenvalue weighted by molar-refractivity contribution is 6.01. The number of carbonyl (C=O) groups is 3. The van der Waals surface area contributed by atoms with Crippen LogP contribution in [0.1, 0.15) is 69.9 Å². The molecule has 4 heterocycles. The van der Waals surface area contributed by atoms with E-state index < -0.39 is 0 Å². The second kappa shape index (κ2) is 13.0. The quantitative estimate of drug-likeness (QED) is 0.486. The predicted octanol–water partition coefficient (Wildman–Crippen LogP) is 4.18. The number of carbonyl (C=O) groups excluding carboxylic acids is 3. The molecule has 1 unspecified atom stereocenters. The van der Waals surface area contributed by atoms with Crippen molar-refractivity contribution in [3.05, 3.63) is 53.9 Å². The fourth-order valence-electron chi connectivity index (χ4n) is 5.48. The molecule has 0 bridgehead atoms. The van der Waals surface area contributed by atoms with Crippen LogP contribution in [0.5, 0.6) is 5.75 Å². The van der Waals surface area contributed by atoms with Crippen molar-refractivity contribution in [3.8, 4) is 5.75 Å². The van der Waals surface area contributed by atoms with Crippen molar-refractivity contribution in [1.29, 1.82) is 0 Å². The van der Waals surface area contributed by atoms with E-state index in [0.29, 0.717) is 37.9 Å². The summed E-state index contributed by atoms with van der Waals surface area (Å²) >= 11 is 0. The van der Waals surface area contributed by atoms with Crippen molar-refractivity contribution >= 4 is 23.4 Å². The Labute approximate surface area is 226 Å². The maximum atomic E-state index is 13.2. The standard InChI is InChI=1S/C24H31N3O2.C6H9NO2/c1-3-4-11-27(22-6-5-10-25-15-22)24(28)17-26-16-21(13-18(26)2)19-7-8-23-20(14-19)9-12-29-23;1-2-7-5(8)3-4-6(7)9/h5-8,10,14-15,18,21H,3-4,9,11-13,16-17H2,1-2H3;2-4H2,1H3/t18?,21-;/m1./s1. The average molecular weight is 521 g/mol. The molecule has 1 aromatic carbocycles. The molecule has 3 amide bonds. The highest BCUT2D eigenvalue weighted by atomic mass is 16.5. The third kappa shape index (κ3) is 6.59. The van der Waals surface area contributed by atoms with E-state index in [0.717, 1.165) is 56.8 Å². The third-order valence-corrected chi connectivity index (χ3v) is 7.69. The number of amides is 3. The van der Waals surface area contributed by atoms with Crippen LogP contribution in [0.2, 0.25) is 0 Å². The molecule has 2 fully saturated rings. The molecule has 3 aliphatic rings. The van der Waals surface area contributed by atoms with Crippen molar-refractivity contribution in [2.75, 3.05) is 37.7 Å². The highest BCUT2D eigenvalue weighted by Crippen LogP contribution is 2.35. The number of likely N-dealkylation sites (tertiary alicyclic amines) is 2. The number of unbranched alkanes of at least 4 members (excludes halogenated alkanes) is 1. The molecule has 8 nitrogen and oxygen atoms in total. The molecule has 0 spiro atoms. The minimum absolute atomic E-state index is 0.0255. The van der Waals surface area contributed by atoms with Gasteiger partial charge in [-0.3, -0.25) is 29.2 Å². The predicted molar refractivity (Wildman–Crippen MR) is 147 cm³/mol. The molecule has 1 aromatic heterocycles. The molecule has 0 aliphatic carbocycles. The van der Waals surface area contributed by atoms with Gasteiger partial charge in [0.25, 0.3) is 0 Å². The summed E-state index contributed by atoms with van der Waals surface area (Å²) in [4.78, 5) is 44.4.